The number of para-hydroxylation sites is 1. The van der Waals surface area contributed by atoms with Crippen molar-refractivity contribution in [3.05, 3.63) is 54.1 Å². The van der Waals surface area contributed by atoms with Crippen LogP contribution < -0.4 is 10.1 Å². The molecule has 0 radical (unpaired) electrons. The fourth-order valence-corrected chi connectivity index (χ4v) is 2.81. The number of nitrogens with one attached hydrogen (secondary N) is 1. The van der Waals surface area contributed by atoms with Gasteiger partial charge in [-0.05, 0) is 36.4 Å². The molecule has 27 heavy (non-hydrogen) atoms. The fraction of sp³-hybridized carbons (Fsp3) is 0.263. The molecule has 1 atom stereocenters. The molecule has 3 rings (SSSR count). The Morgan fingerprint density at radius 2 is 1.81 bits per heavy atom. The normalized spacial score (nSPS) is 17.1. The third-order valence-electron chi connectivity index (χ3n) is 4.25. The highest BCUT2D eigenvalue weighted by atomic mass is 19.4. The Balaban J connectivity index is 1.66. The van der Waals surface area contributed by atoms with Crippen molar-refractivity contribution >= 4 is 17.5 Å². The van der Waals surface area contributed by atoms with Crippen molar-refractivity contribution in [2.45, 2.75) is 12.6 Å². The maximum absolute atomic E-state index is 13.0. The lowest BCUT2D eigenvalue weighted by Crippen LogP contribution is -2.25. The molecule has 1 aliphatic heterocycles. The van der Waals surface area contributed by atoms with Gasteiger partial charge in [-0.25, -0.2) is 0 Å². The zero-order chi connectivity index (χ0) is 19.6. The van der Waals surface area contributed by atoms with E-state index >= 15 is 0 Å². The molecule has 0 spiro atoms. The van der Waals surface area contributed by atoms with Crippen molar-refractivity contribution in [1.29, 1.82) is 0 Å². The number of carbonyl (C=O) groups is 2. The van der Waals surface area contributed by atoms with Gasteiger partial charge in [-0.15, -0.1) is 0 Å². The van der Waals surface area contributed by atoms with Crippen LogP contribution in [0.5, 0.6) is 11.5 Å². The van der Waals surface area contributed by atoms with E-state index < -0.39 is 17.7 Å². The Labute approximate surface area is 153 Å². The maximum atomic E-state index is 13.0. The average Bonchev–Trinajstić information content (AvgIpc) is 2.95. The van der Waals surface area contributed by atoms with Crippen molar-refractivity contribution < 1.29 is 27.5 Å². The molecule has 0 bridgehead atoms. The van der Waals surface area contributed by atoms with Crippen molar-refractivity contribution in [3.63, 3.8) is 0 Å². The Morgan fingerprint density at radius 3 is 2.41 bits per heavy atom. The maximum Gasteiger partial charge on any atom is 0.419 e. The third-order valence-corrected chi connectivity index (χ3v) is 4.25. The van der Waals surface area contributed by atoms with Gasteiger partial charge in [-0.2, -0.15) is 13.2 Å². The van der Waals surface area contributed by atoms with Gasteiger partial charge in [0.15, 0.2) is 0 Å². The zero-order valence-corrected chi connectivity index (χ0v) is 14.4. The van der Waals surface area contributed by atoms with E-state index in [-0.39, 0.29) is 29.7 Å². The van der Waals surface area contributed by atoms with E-state index in [1.807, 2.05) is 0 Å². The number of hydrogen-bond acceptors (Lipinski definition) is 3. The molecule has 1 aliphatic rings. The van der Waals surface area contributed by atoms with Gasteiger partial charge in [0, 0.05) is 25.7 Å². The van der Waals surface area contributed by atoms with Crippen molar-refractivity contribution in [3.8, 4) is 11.5 Å². The largest absolute Gasteiger partial charge is 0.457 e. The first kappa shape index (κ1) is 18.8. The smallest absolute Gasteiger partial charge is 0.419 e. The van der Waals surface area contributed by atoms with Crippen LogP contribution >= 0.6 is 0 Å². The van der Waals surface area contributed by atoms with Gasteiger partial charge in [-0.1, -0.05) is 12.1 Å². The molecule has 1 fully saturated rings. The SMILES string of the molecule is CN1C[C@H](C(=O)Nc2ccc(Oc3ccccc3C(F)(F)F)cc2)CC1=O. The number of nitrogens with zero attached hydrogens (tertiary/aromatic N) is 1. The van der Waals surface area contributed by atoms with Gasteiger partial charge in [0.05, 0.1) is 11.5 Å². The summed E-state index contributed by atoms with van der Waals surface area (Å²) in [5, 5.41) is 2.70. The predicted molar refractivity (Wildman–Crippen MR) is 92.3 cm³/mol. The number of carbonyl (C=O) groups excluding carboxylic acids is 2. The fourth-order valence-electron chi connectivity index (χ4n) is 2.81. The minimum absolute atomic E-state index is 0.0813. The molecule has 142 valence electrons. The summed E-state index contributed by atoms with van der Waals surface area (Å²) in [4.78, 5) is 25.2. The topological polar surface area (TPSA) is 58.6 Å². The molecule has 2 aromatic rings. The summed E-state index contributed by atoms with van der Waals surface area (Å²) in [5.74, 6) is -0.863. The minimum atomic E-state index is -4.52. The van der Waals surface area contributed by atoms with E-state index in [1.165, 1.54) is 47.4 Å². The van der Waals surface area contributed by atoms with Crippen LogP contribution in [0.3, 0.4) is 0 Å². The molecule has 2 amide bonds. The molecule has 0 unspecified atom stereocenters. The summed E-state index contributed by atoms with van der Waals surface area (Å²) in [6, 6.07) is 10.9. The van der Waals surface area contributed by atoms with Crippen LogP contribution in [0, 0.1) is 5.92 Å². The number of halogens is 3. The summed E-state index contributed by atoms with van der Waals surface area (Å²) >= 11 is 0. The summed E-state index contributed by atoms with van der Waals surface area (Å²) in [7, 11) is 1.64. The molecule has 1 heterocycles. The number of amides is 2. The molecule has 8 heteroatoms. The quantitative estimate of drug-likeness (QED) is 0.878. The van der Waals surface area contributed by atoms with Gasteiger partial charge in [0.25, 0.3) is 0 Å². The number of anilines is 1. The first-order valence-corrected chi connectivity index (χ1v) is 8.23. The number of alkyl halides is 3. The van der Waals surface area contributed by atoms with Gasteiger partial charge in [0.1, 0.15) is 11.5 Å². The highest BCUT2D eigenvalue weighted by Gasteiger charge is 2.34. The van der Waals surface area contributed by atoms with E-state index in [0.717, 1.165) is 6.07 Å². The lowest BCUT2D eigenvalue weighted by molar-refractivity contribution is -0.138. The van der Waals surface area contributed by atoms with Gasteiger partial charge in [-0.3, -0.25) is 9.59 Å². The van der Waals surface area contributed by atoms with Gasteiger partial charge < -0.3 is 15.0 Å². The lowest BCUT2D eigenvalue weighted by atomic mass is 10.1. The summed E-state index contributed by atoms with van der Waals surface area (Å²) in [6.45, 7) is 0.361. The Bertz CT molecular complexity index is 850. The second-order valence-electron chi connectivity index (χ2n) is 6.28. The number of benzene rings is 2. The summed E-state index contributed by atoms with van der Waals surface area (Å²) < 4.78 is 44.4. The number of hydrogen-bond donors (Lipinski definition) is 1. The summed E-state index contributed by atoms with van der Waals surface area (Å²) in [6.07, 6.45) is -4.35. The first-order valence-electron chi connectivity index (χ1n) is 8.23. The van der Waals surface area contributed by atoms with Crippen LogP contribution in [0.25, 0.3) is 0 Å². The number of likely N-dealkylation sites (tertiary alicyclic amines) is 1. The first-order chi connectivity index (χ1) is 12.7. The average molecular weight is 378 g/mol. The van der Waals surface area contributed by atoms with Crippen LogP contribution in [-0.4, -0.2) is 30.3 Å². The van der Waals surface area contributed by atoms with E-state index in [2.05, 4.69) is 5.32 Å². The molecule has 0 aromatic heterocycles. The number of ether oxygens (including phenoxy) is 1. The lowest BCUT2D eigenvalue weighted by Gasteiger charge is -2.14. The zero-order valence-electron chi connectivity index (χ0n) is 14.4. The van der Waals surface area contributed by atoms with Crippen molar-refractivity contribution in [1.82, 2.24) is 4.90 Å². The van der Waals surface area contributed by atoms with Crippen LogP contribution in [0.4, 0.5) is 18.9 Å². The molecule has 0 aliphatic carbocycles. The highest BCUT2D eigenvalue weighted by molar-refractivity contribution is 5.97. The van der Waals surface area contributed by atoms with E-state index in [1.54, 1.807) is 7.05 Å². The molecular weight excluding hydrogens is 361 g/mol. The molecule has 1 N–H and O–H groups in total. The molecule has 1 saturated heterocycles. The van der Waals surface area contributed by atoms with Gasteiger partial charge >= 0.3 is 6.18 Å². The molecule has 2 aromatic carbocycles. The van der Waals surface area contributed by atoms with Crippen molar-refractivity contribution in [2.75, 3.05) is 18.9 Å². The monoisotopic (exact) mass is 378 g/mol. The molecular formula is C19H17F3N2O3. The van der Waals surface area contributed by atoms with Gasteiger partial charge in [0.2, 0.25) is 11.8 Å². The van der Waals surface area contributed by atoms with Crippen LogP contribution in [0.2, 0.25) is 0 Å². The van der Waals surface area contributed by atoms with E-state index in [0.29, 0.717) is 12.2 Å². The Morgan fingerprint density at radius 1 is 1.15 bits per heavy atom. The Hall–Kier alpha value is -3.03. The number of rotatable bonds is 4. The van der Waals surface area contributed by atoms with E-state index in [9.17, 15) is 22.8 Å². The van der Waals surface area contributed by atoms with E-state index in [4.69, 9.17) is 4.74 Å². The Kier molecular flexibility index (Phi) is 5.07. The minimum Gasteiger partial charge on any atom is -0.457 e. The summed E-state index contributed by atoms with van der Waals surface area (Å²) in [5.41, 5.74) is -0.393. The van der Waals surface area contributed by atoms with Crippen molar-refractivity contribution in [2.24, 2.45) is 5.92 Å². The predicted octanol–water partition coefficient (Wildman–Crippen LogP) is 3.91. The van der Waals surface area contributed by atoms with Crippen LogP contribution in [0.15, 0.2) is 48.5 Å². The second kappa shape index (κ2) is 7.30. The third kappa shape index (κ3) is 4.39. The van der Waals surface area contributed by atoms with Crippen LogP contribution in [-0.2, 0) is 15.8 Å². The molecule has 5 nitrogen and oxygen atoms in total. The highest BCUT2D eigenvalue weighted by Crippen LogP contribution is 2.38. The standard InChI is InChI=1S/C19H17F3N2O3/c1-24-11-12(10-17(24)25)18(26)23-13-6-8-14(9-7-13)27-16-5-3-2-4-15(16)19(20,21)22/h2-9,12H,10-11H2,1H3,(H,23,26)/t12-/m1/s1. The van der Waals surface area contributed by atoms with Crippen LogP contribution in [0.1, 0.15) is 12.0 Å². The second-order valence-corrected chi connectivity index (χ2v) is 6.28. The molecule has 0 saturated carbocycles.